The standard InChI is InChI=1S/C28H49NO9S/c1-3-5-6-7-8-9-10-12-26-13-14-28(27(25-26)11-4-2)36-23-21-34-19-17-32-15-16-33-18-20-35-22-24-37-39(30,31)38-29/h4,11,13-14,25H,3,5-10,12,15-24,29H2,1-2H3/q+1/b11-4+. The maximum atomic E-state index is 10.8. The molecule has 2 N–H and O–H groups in total. The number of rotatable bonds is 27. The summed E-state index contributed by atoms with van der Waals surface area (Å²) in [5.74, 6) is 5.41. The summed E-state index contributed by atoms with van der Waals surface area (Å²) >= 11 is 0. The molecule has 1 atom stereocenters. The number of hydrogen-bond donors (Lipinski definition) is 1. The fourth-order valence-electron chi connectivity index (χ4n) is 3.68. The van der Waals surface area contributed by atoms with Gasteiger partial charge in [0.1, 0.15) is 23.5 Å². The molecule has 10 nitrogen and oxygen atoms in total. The third-order valence-electron chi connectivity index (χ3n) is 5.66. The Bertz CT molecular complexity index is 794. The average molecular weight is 576 g/mol. The van der Waals surface area contributed by atoms with Gasteiger partial charge in [0.25, 0.3) is 0 Å². The van der Waals surface area contributed by atoms with Gasteiger partial charge in [0.15, 0.2) is 0 Å². The summed E-state index contributed by atoms with van der Waals surface area (Å²) in [4.78, 5) is 0. The maximum Gasteiger partial charge on any atom is 0.564 e. The van der Waals surface area contributed by atoms with Crippen molar-refractivity contribution in [2.75, 3.05) is 66.1 Å². The van der Waals surface area contributed by atoms with Gasteiger partial charge in [-0.1, -0.05) is 63.7 Å². The first-order chi connectivity index (χ1) is 19.0. The van der Waals surface area contributed by atoms with Gasteiger partial charge in [0.05, 0.1) is 52.9 Å². The number of benzene rings is 1. The molecule has 0 aromatic heterocycles. The molecule has 0 aliphatic rings. The third kappa shape index (κ3) is 20.2. The lowest BCUT2D eigenvalue weighted by atomic mass is 10.0. The molecule has 0 fully saturated rings. The quantitative estimate of drug-likeness (QED) is 0.0872. The molecule has 0 bridgehead atoms. The second-order valence-corrected chi connectivity index (χ2v) is 10.1. The van der Waals surface area contributed by atoms with Gasteiger partial charge < -0.3 is 23.7 Å². The first-order valence-electron chi connectivity index (χ1n) is 14.0. The van der Waals surface area contributed by atoms with Crippen molar-refractivity contribution in [3.05, 3.63) is 35.4 Å². The van der Waals surface area contributed by atoms with E-state index in [1.54, 1.807) is 0 Å². The Labute approximate surface area is 236 Å². The fraction of sp³-hybridized carbons (Fsp3) is 0.714. The highest BCUT2D eigenvalue weighted by molar-refractivity contribution is 7.88. The second-order valence-electron chi connectivity index (χ2n) is 8.87. The summed E-state index contributed by atoms with van der Waals surface area (Å²) in [5.41, 5.74) is 2.46. The van der Waals surface area contributed by atoms with Gasteiger partial charge in [0, 0.05) is 9.77 Å². The van der Waals surface area contributed by atoms with Crippen LogP contribution >= 0.6 is 0 Å². The van der Waals surface area contributed by atoms with Crippen molar-refractivity contribution in [3.63, 3.8) is 0 Å². The summed E-state index contributed by atoms with van der Waals surface area (Å²) in [6.45, 7) is 7.56. The van der Waals surface area contributed by atoms with E-state index in [2.05, 4.69) is 45.6 Å². The van der Waals surface area contributed by atoms with Crippen molar-refractivity contribution < 1.29 is 40.9 Å². The third-order valence-corrected chi connectivity index (χ3v) is 6.35. The molecule has 0 aliphatic carbocycles. The minimum atomic E-state index is -4.13. The lowest BCUT2D eigenvalue weighted by Crippen LogP contribution is -2.22. The van der Waals surface area contributed by atoms with Crippen molar-refractivity contribution in [2.24, 2.45) is 5.90 Å². The van der Waals surface area contributed by atoms with Crippen LogP contribution in [0.5, 0.6) is 5.75 Å². The van der Waals surface area contributed by atoms with E-state index in [1.807, 2.05) is 13.0 Å². The molecule has 0 spiro atoms. The van der Waals surface area contributed by atoms with Gasteiger partial charge >= 0.3 is 10.8 Å². The molecular weight excluding hydrogens is 526 g/mol. The van der Waals surface area contributed by atoms with Crippen LogP contribution in [-0.2, 0) is 53.4 Å². The molecule has 1 aromatic carbocycles. The lowest BCUT2D eigenvalue weighted by molar-refractivity contribution is -0.00793. The molecule has 0 saturated carbocycles. The number of allylic oxidation sites excluding steroid dienone is 1. The van der Waals surface area contributed by atoms with Crippen molar-refractivity contribution in [3.8, 4) is 5.75 Å². The van der Waals surface area contributed by atoms with E-state index in [4.69, 9.17) is 23.7 Å². The first kappa shape index (κ1) is 35.6. The lowest BCUT2D eigenvalue weighted by Gasteiger charge is -2.12. The van der Waals surface area contributed by atoms with E-state index in [-0.39, 0.29) is 13.2 Å². The molecule has 0 aliphatic heterocycles. The molecule has 0 heterocycles. The second kappa shape index (κ2) is 24.4. The minimum absolute atomic E-state index is 0.0741. The van der Waals surface area contributed by atoms with E-state index in [9.17, 15) is 8.76 Å². The summed E-state index contributed by atoms with van der Waals surface area (Å²) in [6, 6.07) is 6.46. The average Bonchev–Trinajstić information content (AvgIpc) is 2.93. The summed E-state index contributed by atoms with van der Waals surface area (Å²) in [5, 5.41) is 0. The predicted molar refractivity (Wildman–Crippen MR) is 152 cm³/mol. The van der Waals surface area contributed by atoms with E-state index in [0.29, 0.717) is 52.9 Å². The number of ether oxygens (including phenoxy) is 5. The van der Waals surface area contributed by atoms with Gasteiger partial charge in [-0.15, -0.1) is 4.18 Å². The molecular formula is C28H49NO9S+. The van der Waals surface area contributed by atoms with Gasteiger partial charge in [-0.05, 0) is 41.7 Å². The van der Waals surface area contributed by atoms with Gasteiger partial charge in [-0.2, -0.15) is 5.90 Å². The van der Waals surface area contributed by atoms with Crippen LogP contribution in [0.1, 0.15) is 69.9 Å². The zero-order chi connectivity index (χ0) is 28.4. The predicted octanol–water partition coefficient (Wildman–Crippen LogP) is 5.04. The van der Waals surface area contributed by atoms with Gasteiger partial charge in [-0.25, -0.2) is 0 Å². The maximum absolute atomic E-state index is 10.8. The molecule has 0 amide bonds. The number of hydrogen-bond acceptors (Lipinski definition) is 9. The molecule has 1 rings (SSSR count). The van der Waals surface area contributed by atoms with Gasteiger partial charge in [-0.3, -0.25) is 0 Å². The van der Waals surface area contributed by atoms with Crippen molar-refractivity contribution in [1.29, 1.82) is 0 Å². The Kier molecular flexibility index (Phi) is 22.3. The Morgan fingerprint density at radius 1 is 0.769 bits per heavy atom. The zero-order valence-electron chi connectivity index (χ0n) is 23.8. The Hall–Kier alpha value is -1.41. The largest absolute Gasteiger partial charge is 0.564 e. The molecule has 1 aromatic rings. The molecule has 225 valence electrons. The topological polar surface area (TPSA) is 128 Å². The van der Waals surface area contributed by atoms with E-state index in [0.717, 1.165) is 17.7 Å². The van der Waals surface area contributed by atoms with Crippen LogP contribution < -0.4 is 10.6 Å². The highest BCUT2D eigenvalue weighted by Crippen LogP contribution is 2.23. The Balaban J connectivity index is 2.03. The molecule has 1 unspecified atom stereocenters. The van der Waals surface area contributed by atoms with Crippen LogP contribution in [-0.4, -0.2) is 66.1 Å². The Morgan fingerprint density at radius 2 is 1.31 bits per heavy atom. The molecule has 11 heteroatoms. The van der Waals surface area contributed by atoms with Crippen molar-refractivity contribution in [2.45, 2.75) is 65.2 Å². The van der Waals surface area contributed by atoms with Crippen LogP contribution in [0.3, 0.4) is 0 Å². The molecule has 1 radical (unpaired) electrons. The summed E-state index contributed by atoms with van der Waals surface area (Å²) in [6.07, 6.45) is 14.5. The van der Waals surface area contributed by atoms with E-state index >= 15 is 0 Å². The number of nitrogens with two attached hydrogens (primary N) is 1. The first-order valence-corrected chi connectivity index (χ1v) is 15.3. The number of unbranched alkanes of at least 4 members (excludes halogenated alkanes) is 6. The fourth-order valence-corrected chi connectivity index (χ4v) is 4.00. The van der Waals surface area contributed by atoms with Gasteiger partial charge in [0.2, 0.25) is 0 Å². The van der Waals surface area contributed by atoms with E-state index in [1.165, 1.54) is 50.5 Å². The smallest absolute Gasteiger partial charge is 0.491 e. The monoisotopic (exact) mass is 575 g/mol. The summed E-state index contributed by atoms with van der Waals surface area (Å²) in [7, 11) is -4.13. The van der Waals surface area contributed by atoms with Crippen LogP contribution in [0.2, 0.25) is 0 Å². The summed E-state index contributed by atoms with van der Waals surface area (Å²) < 4.78 is 57.2. The number of aryl methyl sites for hydroxylation is 1. The van der Waals surface area contributed by atoms with E-state index < -0.39 is 10.8 Å². The van der Waals surface area contributed by atoms with Crippen molar-refractivity contribution in [1.82, 2.24) is 0 Å². The Morgan fingerprint density at radius 3 is 1.87 bits per heavy atom. The zero-order valence-corrected chi connectivity index (χ0v) is 24.6. The molecule has 0 saturated heterocycles. The van der Waals surface area contributed by atoms with Crippen LogP contribution in [0, 0.1) is 0 Å². The van der Waals surface area contributed by atoms with Crippen molar-refractivity contribution >= 4 is 16.9 Å². The highest BCUT2D eigenvalue weighted by atomic mass is 32.3. The minimum Gasteiger partial charge on any atom is -0.491 e. The van der Waals surface area contributed by atoms with Crippen LogP contribution in [0.15, 0.2) is 24.3 Å². The van der Waals surface area contributed by atoms with Crippen LogP contribution in [0.25, 0.3) is 6.08 Å². The normalized spacial score (nSPS) is 13.2. The SMILES string of the molecule is C/C=C/c1cc(CCCCCCCCC)ccc1OCCOCCOCCOCCOCCO[S+]([O])(=O)ON. The highest BCUT2D eigenvalue weighted by Gasteiger charge is 2.32. The van der Waals surface area contributed by atoms with Crippen LogP contribution in [0.4, 0.5) is 0 Å². The molecule has 39 heavy (non-hydrogen) atoms.